The molecule has 0 unspecified atom stereocenters. The van der Waals surface area contributed by atoms with E-state index in [-0.39, 0.29) is 0 Å². The standard InChI is InChI=1S/C19H19N3O/c1-13-7-6-9-16-14(2)11-18(21-19(13)16)22-20-12-15-8-4-5-10-17(15)23-3/h4-12H,1-3H3,(H,21,22)/b20-12-. The summed E-state index contributed by atoms with van der Waals surface area (Å²) in [5, 5.41) is 5.45. The molecule has 2 aromatic carbocycles. The van der Waals surface area contributed by atoms with Crippen LogP contribution in [0.25, 0.3) is 10.9 Å². The molecule has 0 spiro atoms. The van der Waals surface area contributed by atoms with Crippen molar-refractivity contribution in [2.45, 2.75) is 13.8 Å². The van der Waals surface area contributed by atoms with Crippen molar-refractivity contribution in [1.29, 1.82) is 0 Å². The van der Waals surface area contributed by atoms with Crippen molar-refractivity contribution in [2.24, 2.45) is 5.10 Å². The number of ether oxygens (including phenoxy) is 1. The second-order valence-corrected chi connectivity index (χ2v) is 5.41. The average molecular weight is 305 g/mol. The number of fused-ring (bicyclic) bond motifs is 1. The third-order valence-corrected chi connectivity index (χ3v) is 3.77. The highest BCUT2D eigenvalue weighted by atomic mass is 16.5. The number of aromatic nitrogens is 1. The minimum absolute atomic E-state index is 0.732. The van der Waals surface area contributed by atoms with Gasteiger partial charge in [-0.25, -0.2) is 4.98 Å². The summed E-state index contributed by atoms with van der Waals surface area (Å²) in [6.45, 7) is 4.15. The highest BCUT2D eigenvalue weighted by Crippen LogP contribution is 2.23. The van der Waals surface area contributed by atoms with Gasteiger partial charge in [0.15, 0.2) is 0 Å². The Hall–Kier alpha value is -2.88. The van der Waals surface area contributed by atoms with Crippen molar-refractivity contribution in [3.05, 3.63) is 65.2 Å². The van der Waals surface area contributed by atoms with Crippen LogP contribution >= 0.6 is 0 Å². The van der Waals surface area contributed by atoms with Gasteiger partial charge in [0.25, 0.3) is 0 Å². The lowest BCUT2D eigenvalue weighted by molar-refractivity contribution is 0.414. The molecule has 0 bridgehead atoms. The van der Waals surface area contributed by atoms with E-state index in [1.807, 2.05) is 30.3 Å². The lowest BCUT2D eigenvalue weighted by Crippen LogP contribution is -1.97. The number of nitrogens with zero attached hydrogens (tertiary/aromatic N) is 2. The first-order chi connectivity index (χ1) is 11.2. The first kappa shape index (κ1) is 15.0. The van der Waals surface area contributed by atoms with E-state index in [4.69, 9.17) is 4.74 Å². The van der Waals surface area contributed by atoms with Gasteiger partial charge >= 0.3 is 0 Å². The number of methoxy groups -OCH3 is 1. The molecule has 23 heavy (non-hydrogen) atoms. The number of pyridine rings is 1. The minimum Gasteiger partial charge on any atom is -0.496 e. The molecule has 3 rings (SSSR count). The van der Waals surface area contributed by atoms with E-state index in [2.05, 4.69) is 47.6 Å². The van der Waals surface area contributed by atoms with E-state index < -0.39 is 0 Å². The molecule has 3 aromatic rings. The first-order valence-electron chi connectivity index (χ1n) is 7.48. The molecule has 116 valence electrons. The van der Waals surface area contributed by atoms with Crippen molar-refractivity contribution in [2.75, 3.05) is 12.5 Å². The monoisotopic (exact) mass is 305 g/mol. The molecule has 1 heterocycles. The number of nitrogens with one attached hydrogen (secondary N) is 1. The van der Waals surface area contributed by atoms with Crippen LogP contribution in [0.4, 0.5) is 5.82 Å². The van der Waals surface area contributed by atoms with Crippen molar-refractivity contribution in [3.63, 3.8) is 0 Å². The van der Waals surface area contributed by atoms with Gasteiger partial charge in [-0.1, -0.05) is 30.3 Å². The number of hydrogen-bond acceptors (Lipinski definition) is 4. The minimum atomic E-state index is 0.732. The van der Waals surface area contributed by atoms with Gasteiger partial charge in [-0.2, -0.15) is 5.10 Å². The van der Waals surface area contributed by atoms with Crippen molar-refractivity contribution < 1.29 is 4.74 Å². The van der Waals surface area contributed by atoms with E-state index in [1.54, 1.807) is 13.3 Å². The topological polar surface area (TPSA) is 46.5 Å². The van der Waals surface area contributed by atoms with Crippen LogP contribution in [0.2, 0.25) is 0 Å². The van der Waals surface area contributed by atoms with Crippen LogP contribution in [0.15, 0.2) is 53.6 Å². The number of hydrazone groups is 1. The second-order valence-electron chi connectivity index (χ2n) is 5.41. The molecule has 0 radical (unpaired) electrons. The van der Waals surface area contributed by atoms with E-state index in [1.165, 1.54) is 10.9 Å². The molecule has 0 fully saturated rings. The fourth-order valence-corrected chi connectivity index (χ4v) is 2.56. The SMILES string of the molecule is COc1ccccc1/C=N\Nc1cc(C)c2cccc(C)c2n1. The summed E-state index contributed by atoms with van der Waals surface area (Å²) in [6, 6.07) is 16.0. The summed E-state index contributed by atoms with van der Waals surface area (Å²) in [4.78, 5) is 4.65. The predicted octanol–water partition coefficient (Wildman–Crippen LogP) is 4.31. The molecule has 0 amide bonds. The molecule has 0 aliphatic carbocycles. The molecule has 0 saturated heterocycles. The molecule has 1 N–H and O–H groups in total. The zero-order valence-electron chi connectivity index (χ0n) is 13.5. The number of aryl methyl sites for hydroxylation is 2. The smallest absolute Gasteiger partial charge is 0.147 e. The van der Waals surface area contributed by atoms with Crippen LogP contribution in [0.1, 0.15) is 16.7 Å². The number of hydrogen-bond donors (Lipinski definition) is 1. The maximum atomic E-state index is 5.31. The average Bonchev–Trinajstić information content (AvgIpc) is 2.56. The third-order valence-electron chi connectivity index (χ3n) is 3.77. The van der Waals surface area contributed by atoms with Crippen LogP contribution in [0.3, 0.4) is 0 Å². The molecule has 0 aliphatic rings. The first-order valence-corrected chi connectivity index (χ1v) is 7.48. The molecule has 4 heteroatoms. The van der Waals surface area contributed by atoms with Gasteiger partial charge < -0.3 is 4.74 Å². The summed E-state index contributed by atoms with van der Waals surface area (Å²) in [6.07, 6.45) is 1.73. The summed E-state index contributed by atoms with van der Waals surface area (Å²) in [5.41, 5.74) is 7.25. The Labute approximate surface area is 135 Å². The molecular formula is C19H19N3O. The fraction of sp³-hybridized carbons (Fsp3) is 0.158. The number of benzene rings is 2. The Morgan fingerprint density at radius 3 is 2.70 bits per heavy atom. The van der Waals surface area contributed by atoms with Crippen molar-refractivity contribution >= 4 is 22.9 Å². The normalized spacial score (nSPS) is 11.1. The van der Waals surface area contributed by atoms with Crippen LogP contribution in [0, 0.1) is 13.8 Å². The molecule has 0 atom stereocenters. The molecule has 0 aliphatic heterocycles. The molecular weight excluding hydrogens is 286 g/mol. The van der Waals surface area contributed by atoms with Gasteiger partial charge in [0, 0.05) is 10.9 Å². The number of para-hydroxylation sites is 2. The third kappa shape index (κ3) is 3.16. The Bertz CT molecular complexity index is 872. The van der Waals surface area contributed by atoms with Crippen LogP contribution in [-0.4, -0.2) is 18.3 Å². The summed E-state index contributed by atoms with van der Waals surface area (Å²) >= 11 is 0. The number of anilines is 1. The maximum Gasteiger partial charge on any atom is 0.147 e. The summed E-state index contributed by atoms with van der Waals surface area (Å²) in [7, 11) is 1.65. The molecule has 1 aromatic heterocycles. The lowest BCUT2D eigenvalue weighted by Gasteiger charge is -2.08. The maximum absolute atomic E-state index is 5.31. The van der Waals surface area contributed by atoms with Gasteiger partial charge in [0.2, 0.25) is 0 Å². The Morgan fingerprint density at radius 1 is 1.04 bits per heavy atom. The van der Waals surface area contributed by atoms with Gasteiger partial charge in [-0.05, 0) is 43.2 Å². The number of rotatable bonds is 4. The predicted molar refractivity (Wildman–Crippen MR) is 95.4 cm³/mol. The van der Waals surface area contributed by atoms with E-state index in [9.17, 15) is 0 Å². The highest BCUT2D eigenvalue weighted by molar-refractivity contribution is 5.87. The molecule has 0 saturated carbocycles. The van der Waals surface area contributed by atoms with Crippen molar-refractivity contribution in [1.82, 2.24) is 4.98 Å². The lowest BCUT2D eigenvalue weighted by atomic mass is 10.1. The zero-order valence-corrected chi connectivity index (χ0v) is 13.5. The van der Waals surface area contributed by atoms with Crippen LogP contribution < -0.4 is 10.2 Å². The Balaban J connectivity index is 1.87. The van der Waals surface area contributed by atoms with Crippen LogP contribution in [-0.2, 0) is 0 Å². The summed E-state index contributed by atoms with van der Waals surface area (Å²) in [5.74, 6) is 1.52. The van der Waals surface area contributed by atoms with Gasteiger partial charge in [0.05, 0.1) is 18.8 Å². The van der Waals surface area contributed by atoms with E-state index in [0.29, 0.717) is 0 Å². The van der Waals surface area contributed by atoms with Gasteiger partial charge in [0.1, 0.15) is 11.6 Å². The highest BCUT2D eigenvalue weighted by Gasteiger charge is 2.04. The van der Waals surface area contributed by atoms with E-state index >= 15 is 0 Å². The molecule has 4 nitrogen and oxygen atoms in total. The van der Waals surface area contributed by atoms with Gasteiger partial charge in [-0.15, -0.1) is 0 Å². The van der Waals surface area contributed by atoms with Crippen molar-refractivity contribution in [3.8, 4) is 5.75 Å². The quantitative estimate of drug-likeness (QED) is 0.577. The fourth-order valence-electron chi connectivity index (χ4n) is 2.56. The Morgan fingerprint density at radius 2 is 1.87 bits per heavy atom. The van der Waals surface area contributed by atoms with Crippen LogP contribution in [0.5, 0.6) is 5.75 Å². The Kier molecular flexibility index (Phi) is 4.24. The zero-order chi connectivity index (χ0) is 16.2. The van der Waals surface area contributed by atoms with Gasteiger partial charge in [-0.3, -0.25) is 5.43 Å². The second kappa shape index (κ2) is 6.48. The van der Waals surface area contributed by atoms with E-state index in [0.717, 1.165) is 28.2 Å². The largest absolute Gasteiger partial charge is 0.496 e. The summed E-state index contributed by atoms with van der Waals surface area (Å²) < 4.78 is 5.31.